The summed E-state index contributed by atoms with van der Waals surface area (Å²) in [5.41, 5.74) is 0.361. The first-order valence-electron chi connectivity index (χ1n) is 8.65. The molecule has 0 bridgehead atoms. The topological polar surface area (TPSA) is 142 Å². The summed E-state index contributed by atoms with van der Waals surface area (Å²) < 4.78 is 58.5. The molecule has 1 aliphatic heterocycles. The summed E-state index contributed by atoms with van der Waals surface area (Å²) in [6.45, 7) is 4.38. The number of hydrogen-bond acceptors (Lipinski definition) is 9. The molecule has 1 aromatic rings. The molecule has 1 aromatic heterocycles. The smallest absolute Gasteiger partial charge is 0.273 e. The number of hydrogen-bond donors (Lipinski definition) is 3. The Kier molecular flexibility index (Phi) is 7.58. The molecule has 28 heavy (non-hydrogen) atoms. The third-order valence-electron chi connectivity index (χ3n) is 4.12. The maximum Gasteiger partial charge on any atom is 0.273 e. The van der Waals surface area contributed by atoms with Crippen LogP contribution in [0.25, 0.3) is 0 Å². The van der Waals surface area contributed by atoms with Gasteiger partial charge in [0.1, 0.15) is 14.5 Å². The molecule has 2 heterocycles. The number of sulfonamides is 2. The minimum atomic E-state index is -4.30. The Morgan fingerprint density at radius 3 is 2.75 bits per heavy atom. The number of aliphatic hydroxyl groups is 1. The number of amides is 1. The van der Waals surface area contributed by atoms with Crippen LogP contribution in [-0.2, 0) is 29.6 Å². The lowest BCUT2D eigenvalue weighted by molar-refractivity contribution is -0.126. The molecule has 10 nitrogen and oxygen atoms in total. The van der Waals surface area contributed by atoms with Gasteiger partial charge in [0.25, 0.3) is 26.0 Å². The highest BCUT2D eigenvalue weighted by Crippen LogP contribution is 2.40. The van der Waals surface area contributed by atoms with Crippen molar-refractivity contribution in [3.8, 4) is 0 Å². The number of thiophene rings is 1. The lowest BCUT2D eigenvalue weighted by Gasteiger charge is -2.32. The molecule has 1 unspecified atom stereocenters. The van der Waals surface area contributed by atoms with Crippen molar-refractivity contribution in [1.82, 2.24) is 14.3 Å². The van der Waals surface area contributed by atoms with Crippen LogP contribution in [0.3, 0.4) is 0 Å². The number of fused-ring (bicyclic) bond motifs is 1. The SMILES string of the molecule is CCN[C@H]1CN(CCCOC)S(=O)(=O)c2sc(S(=O)(=O)NC(=O)C(C)O)cc21. The van der Waals surface area contributed by atoms with E-state index in [1.807, 2.05) is 6.92 Å². The van der Waals surface area contributed by atoms with Crippen molar-refractivity contribution in [2.45, 2.75) is 40.8 Å². The molecule has 13 heteroatoms. The number of carbonyl (C=O) groups is 1. The zero-order valence-electron chi connectivity index (χ0n) is 15.8. The van der Waals surface area contributed by atoms with Crippen LogP contribution < -0.4 is 10.0 Å². The van der Waals surface area contributed by atoms with Gasteiger partial charge >= 0.3 is 0 Å². The van der Waals surface area contributed by atoms with E-state index in [1.54, 1.807) is 4.72 Å². The van der Waals surface area contributed by atoms with Crippen LogP contribution in [0.5, 0.6) is 0 Å². The second-order valence-electron chi connectivity index (χ2n) is 6.27. The van der Waals surface area contributed by atoms with E-state index in [-0.39, 0.29) is 27.5 Å². The van der Waals surface area contributed by atoms with E-state index in [1.165, 1.54) is 17.5 Å². The summed E-state index contributed by atoms with van der Waals surface area (Å²) >= 11 is 0.590. The van der Waals surface area contributed by atoms with Crippen LogP contribution in [0, 0.1) is 0 Å². The largest absolute Gasteiger partial charge is 0.385 e. The number of carbonyl (C=O) groups excluding carboxylic acids is 1. The van der Waals surface area contributed by atoms with E-state index in [2.05, 4.69) is 5.32 Å². The summed E-state index contributed by atoms with van der Waals surface area (Å²) in [7, 11) is -6.64. The van der Waals surface area contributed by atoms with E-state index in [0.29, 0.717) is 36.5 Å². The Labute approximate surface area is 169 Å². The minimum Gasteiger partial charge on any atom is -0.385 e. The molecule has 1 amide bonds. The predicted molar refractivity (Wildman–Crippen MR) is 103 cm³/mol. The lowest BCUT2D eigenvalue weighted by Crippen LogP contribution is -2.43. The van der Waals surface area contributed by atoms with Gasteiger partial charge in [-0.2, -0.15) is 4.31 Å². The first kappa shape index (κ1) is 23.2. The molecule has 3 N–H and O–H groups in total. The maximum absolute atomic E-state index is 13.0. The van der Waals surface area contributed by atoms with Gasteiger partial charge in [0.05, 0.1) is 0 Å². The van der Waals surface area contributed by atoms with Crippen LogP contribution in [0.1, 0.15) is 31.9 Å². The first-order chi connectivity index (χ1) is 13.0. The van der Waals surface area contributed by atoms with Crippen molar-refractivity contribution >= 4 is 37.3 Å². The van der Waals surface area contributed by atoms with Gasteiger partial charge in [0.2, 0.25) is 0 Å². The molecule has 0 aromatic carbocycles. The van der Waals surface area contributed by atoms with Crippen LogP contribution in [0.4, 0.5) is 0 Å². The van der Waals surface area contributed by atoms with Crippen molar-refractivity contribution in [3.05, 3.63) is 11.6 Å². The normalized spacial score (nSPS) is 20.5. The molecular weight excluding hydrogens is 430 g/mol. The second kappa shape index (κ2) is 9.15. The molecule has 160 valence electrons. The standard InChI is InChI=1S/C15H25N3O7S3/c1-4-16-12-9-18(6-5-7-25-3)28(23,24)15-11(12)8-13(26-15)27(21,22)17-14(20)10(2)19/h8,10,12,16,19H,4-7,9H2,1-3H3,(H,17,20)/t10?,12-/m0/s1. The molecular formula is C15H25N3O7S3. The highest BCUT2D eigenvalue weighted by molar-refractivity contribution is 7.94. The summed E-state index contributed by atoms with van der Waals surface area (Å²) in [5, 5.41) is 12.4. The summed E-state index contributed by atoms with van der Waals surface area (Å²) in [5.74, 6) is -1.08. The summed E-state index contributed by atoms with van der Waals surface area (Å²) in [4.78, 5) is 11.6. The van der Waals surface area contributed by atoms with Crippen molar-refractivity contribution in [2.24, 2.45) is 0 Å². The fraction of sp³-hybridized carbons (Fsp3) is 0.667. The van der Waals surface area contributed by atoms with Crippen LogP contribution >= 0.6 is 11.3 Å². The van der Waals surface area contributed by atoms with E-state index in [0.717, 1.165) is 6.92 Å². The Hall–Kier alpha value is -1.09. The van der Waals surface area contributed by atoms with Crippen LogP contribution in [0.15, 0.2) is 14.5 Å². The lowest BCUT2D eigenvalue weighted by atomic mass is 10.1. The number of aliphatic hydroxyl groups excluding tert-OH is 1. The fourth-order valence-corrected chi connectivity index (χ4v) is 7.68. The fourth-order valence-electron chi connectivity index (χ4n) is 2.75. The number of methoxy groups -OCH3 is 1. The average Bonchev–Trinajstić information content (AvgIpc) is 3.06. The molecule has 2 atom stereocenters. The third kappa shape index (κ3) is 4.90. The Balaban J connectivity index is 2.43. The molecule has 1 aliphatic rings. The van der Waals surface area contributed by atoms with Gasteiger partial charge in [-0.3, -0.25) is 4.79 Å². The van der Waals surface area contributed by atoms with Gasteiger partial charge in [0, 0.05) is 38.4 Å². The Morgan fingerprint density at radius 1 is 1.50 bits per heavy atom. The highest BCUT2D eigenvalue weighted by atomic mass is 32.3. The van der Waals surface area contributed by atoms with Crippen LogP contribution in [0.2, 0.25) is 0 Å². The number of nitrogens with zero attached hydrogens (tertiary/aromatic N) is 1. The number of nitrogens with one attached hydrogen (secondary N) is 2. The first-order valence-corrected chi connectivity index (χ1v) is 12.4. The molecule has 0 saturated carbocycles. The minimum absolute atomic E-state index is 0.0630. The summed E-state index contributed by atoms with van der Waals surface area (Å²) in [6.07, 6.45) is -1.01. The van der Waals surface area contributed by atoms with Crippen molar-refractivity contribution in [3.63, 3.8) is 0 Å². The van der Waals surface area contributed by atoms with Gasteiger partial charge in [-0.25, -0.2) is 21.6 Å². The molecule has 0 aliphatic carbocycles. The Morgan fingerprint density at radius 2 is 2.18 bits per heavy atom. The zero-order valence-corrected chi connectivity index (χ0v) is 18.3. The van der Waals surface area contributed by atoms with Gasteiger partial charge in [-0.15, -0.1) is 11.3 Å². The van der Waals surface area contributed by atoms with E-state index in [9.17, 15) is 26.7 Å². The maximum atomic E-state index is 13.0. The molecule has 0 spiro atoms. The summed E-state index contributed by atoms with van der Waals surface area (Å²) in [6, 6.07) is 0.897. The van der Waals surface area contributed by atoms with Gasteiger partial charge in [0.15, 0.2) is 0 Å². The van der Waals surface area contributed by atoms with E-state index in [4.69, 9.17) is 4.74 Å². The van der Waals surface area contributed by atoms with Gasteiger partial charge in [-0.05, 0) is 26.0 Å². The van der Waals surface area contributed by atoms with Crippen molar-refractivity contribution in [1.29, 1.82) is 0 Å². The third-order valence-corrected chi connectivity index (χ3v) is 9.49. The Bertz CT molecular complexity index is 909. The molecule has 0 saturated heterocycles. The number of likely N-dealkylation sites (N-methyl/N-ethyl adjacent to an activating group) is 1. The van der Waals surface area contributed by atoms with E-state index >= 15 is 0 Å². The second-order valence-corrected chi connectivity index (χ2v) is 11.4. The molecule has 0 radical (unpaired) electrons. The quantitative estimate of drug-likeness (QED) is 0.428. The van der Waals surface area contributed by atoms with Gasteiger partial charge < -0.3 is 15.2 Å². The predicted octanol–water partition coefficient (Wildman–Crippen LogP) is -0.375. The van der Waals surface area contributed by atoms with Crippen molar-refractivity contribution < 1.29 is 31.5 Å². The zero-order chi connectivity index (χ0) is 21.1. The molecule has 2 rings (SSSR count). The van der Waals surface area contributed by atoms with Crippen molar-refractivity contribution in [2.75, 3.05) is 33.4 Å². The number of ether oxygens (including phenoxy) is 1. The average molecular weight is 456 g/mol. The van der Waals surface area contributed by atoms with Gasteiger partial charge in [-0.1, -0.05) is 6.92 Å². The highest BCUT2D eigenvalue weighted by Gasteiger charge is 2.40. The van der Waals surface area contributed by atoms with Crippen LogP contribution in [-0.4, -0.2) is 71.6 Å². The molecule has 0 fully saturated rings. The monoisotopic (exact) mass is 455 g/mol. The number of rotatable bonds is 9. The van der Waals surface area contributed by atoms with E-state index < -0.39 is 32.1 Å².